The fourth-order valence-electron chi connectivity index (χ4n) is 5.41. The number of carbonyl (C=O) groups excluding carboxylic acids is 3. The van der Waals surface area contributed by atoms with Crippen LogP contribution in [0.5, 0.6) is 5.75 Å². The molecule has 0 radical (unpaired) electrons. The first kappa shape index (κ1) is 25.8. The minimum atomic E-state index is -1.05. The molecule has 4 rings (SSSR count). The number of nitrogens with zero attached hydrogens (tertiary/aromatic N) is 1. The molecule has 8 heteroatoms. The predicted molar refractivity (Wildman–Crippen MR) is 138 cm³/mol. The van der Waals surface area contributed by atoms with Crippen molar-refractivity contribution in [1.29, 1.82) is 0 Å². The van der Waals surface area contributed by atoms with Gasteiger partial charge >= 0.3 is 11.9 Å². The third kappa shape index (κ3) is 4.50. The van der Waals surface area contributed by atoms with E-state index in [-0.39, 0.29) is 19.0 Å². The van der Waals surface area contributed by atoms with Crippen LogP contribution in [0.3, 0.4) is 0 Å². The number of ether oxygens (including phenoxy) is 3. The molecule has 1 aromatic carbocycles. The van der Waals surface area contributed by atoms with Crippen molar-refractivity contribution < 1.29 is 28.6 Å². The summed E-state index contributed by atoms with van der Waals surface area (Å²) in [5, 5.41) is 1.95. The zero-order chi connectivity index (χ0) is 26.0. The largest absolute Gasteiger partial charge is 0.496 e. The van der Waals surface area contributed by atoms with Crippen LogP contribution >= 0.6 is 11.3 Å². The van der Waals surface area contributed by atoms with Gasteiger partial charge in [0.05, 0.1) is 31.8 Å². The van der Waals surface area contributed by atoms with Crippen LogP contribution in [0.15, 0.2) is 52.0 Å². The zero-order valence-electron chi connectivity index (χ0n) is 21.2. The summed E-state index contributed by atoms with van der Waals surface area (Å²) in [7, 11) is 1.57. The van der Waals surface area contributed by atoms with E-state index in [0.29, 0.717) is 29.2 Å². The maximum atomic E-state index is 14.3. The molecule has 1 aliphatic carbocycles. The number of rotatable bonds is 7. The van der Waals surface area contributed by atoms with E-state index >= 15 is 0 Å². The predicted octanol–water partition coefficient (Wildman–Crippen LogP) is 4.99. The van der Waals surface area contributed by atoms with Gasteiger partial charge in [0, 0.05) is 28.1 Å². The molecule has 190 valence electrons. The molecular weight excluding hydrogens is 478 g/mol. The van der Waals surface area contributed by atoms with Crippen molar-refractivity contribution in [2.75, 3.05) is 20.3 Å². The smallest absolute Gasteiger partial charge is 0.336 e. The van der Waals surface area contributed by atoms with E-state index in [2.05, 4.69) is 0 Å². The lowest BCUT2D eigenvalue weighted by atomic mass is 9.63. The standard InChI is InChI=1S/C28H31NO6S/c1-6-34-27(31)21-16(4)29-19-14-18(17-10-8-9-11-20(17)33-5)22(28(32)35-7-2)25(30)23(19)24(21)26-15(3)12-13-36-26/h8-13,18,22-24H,6-7,14H2,1-5H3/t18-,22-,23?,24+/m0/s1. The quantitative estimate of drug-likeness (QED) is 0.386. The molecule has 0 bridgehead atoms. The number of fused-ring (bicyclic) bond motifs is 1. The van der Waals surface area contributed by atoms with E-state index in [9.17, 15) is 14.4 Å². The Morgan fingerprint density at radius 1 is 1.06 bits per heavy atom. The third-order valence-electron chi connectivity index (χ3n) is 6.91. The van der Waals surface area contributed by atoms with Gasteiger partial charge in [0.2, 0.25) is 0 Å². The van der Waals surface area contributed by atoms with Gasteiger partial charge in [-0.3, -0.25) is 14.6 Å². The number of esters is 2. The minimum Gasteiger partial charge on any atom is -0.496 e. The summed E-state index contributed by atoms with van der Waals surface area (Å²) in [5.74, 6) is -3.61. The topological polar surface area (TPSA) is 91.3 Å². The lowest BCUT2D eigenvalue weighted by molar-refractivity contribution is -0.153. The molecule has 4 atom stereocenters. The second-order valence-corrected chi connectivity index (χ2v) is 9.88. The van der Waals surface area contributed by atoms with E-state index in [1.165, 1.54) is 11.3 Å². The summed E-state index contributed by atoms with van der Waals surface area (Å²) in [6.45, 7) is 7.58. The van der Waals surface area contributed by atoms with Gasteiger partial charge in [-0.25, -0.2) is 4.79 Å². The molecule has 1 aliphatic heterocycles. The first-order valence-electron chi connectivity index (χ1n) is 12.2. The minimum absolute atomic E-state index is 0.160. The van der Waals surface area contributed by atoms with Gasteiger partial charge in [-0.2, -0.15) is 0 Å². The number of para-hydroxylation sites is 1. The maximum Gasteiger partial charge on any atom is 0.336 e. The van der Waals surface area contributed by atoms with E-state index in [1.807, 2.05) is 42.6 Å². The average Bonchev–Trinajstić information content (AvgIpc) is 3.28. The van der Waals surface area contributed by atoms with Gasteiger partial charge in [0.15, 0.2) is 5.78 Å². The van der Waals surface area contributed by atoms with Crippen LogP contribution < -0.4 is 4.74 Å². The molecule has 0 saturated heterocycles. The van der Waals surface area contributed by atoms with Crippen LogP contribution in [0.25, 0.3) is 0 Å². The van der Waals surface area contributed by atoms with Gasteiger partial charge in [-0.05, 0) is 62.8 Å². The monoisotopic (exact) mass is 509 g/mol. The van der Waals surface area contributed by atoms with Crippen molar-refractivity contribution in [3.05, 3.63) is 63.0 Å². The molecule has 2 aliphatic rings. The van der Waals surface area contributed by atoms with Gasteiger partial charge in [-0.1, -0.05) is 18.2 Å². The van der Waals surface area contributed by atoms with Crippen LogP contribution in [0.1, 0.15) is 55.0 Å². The van der Waals surface area contributed by atoms with Crippen LogP contribution in [0, 0.1) is 18.8 Å². The van der Waals surface area contributed by atoms with Crippen molar-refractivity contribution in [1.82, 2.24) is 0 Å². The molecule has 36 heavy (non-hydrogen) atoms. The Kier molecular flexibility index (Phi) is 7.73. The van der Waals surface area contributed by atoms with E-state index in [0.717, 1.165) is 16.0 Å². The number of methoxy groups -OCH3 is 1. The second-order valence-electron chi connectivity index (χ2n) is 8.93. The lowest BCUT2D eigenvalue weighted by Gasteiger charge is -2.41. The Morgan fingerprint density at radius 3 is 2.42 bits per heavy atom. The average molecular weight is 510 g/mol. The highest BCUT2D eigenvalue weighted by atomic mass is 32.1. The lowest BCUT2D eigenvalue weighted by Crippen LogP contribution is -2.48. The Balaban J connectivity index is 1.91. The summed E-state index contributed by atoms with van der Waals surface area (Å²) >= 11 is 1.49. The zero-order valence-corrected chi connectivity index (χ0v) is 22.0. The Bertz CT molecular complexity index is 1240. The van der Waals surface area contributed by atoms with Gasteiger partial charge in [0.1, 0.15) is 11.7 Å². The van der Waals surface area contributed by atoms with Crippen molar-refractivity contribution in [2.24, 2.45) is 16.8 Å². The summed E-state index contributed by atoms with van der Waals surface area (Å²) in [6, 6.07) is 9.37. The number of allylic oxidation sites excluding steroid dienone is 1. The molecular formula is C28H31NO6S. The van der Waals surface area contributed by atoms with Gasteiger partial charge in [0.25, 0.3) is 0 Å². The number of thiophene rings is 1. The van der Waals surface area contributed by atoms with Crippen molar-refractivity contribution in [3.63, 3.8) is 0 Å². The molecule has 1 unspecified atom stereocenters. The number of aliphatic imine (C=N–C) groups is 1. The van der Waals surface area contributed by atoms with Crippen molar-refractivity contribution in [3.8, 4) is 5.75 Å². The molecule has 1 saturated carbocycles. The Morgan fingerprint density at radius 2 is 1.78 bits per heavy atom. The van der Waals surface area contributed by atoms with E-state index in [4.69, 9.17) is 19.2 Å². The van der Waals surface area contributed by atoms with Crippen LogP contribution in [0.2, 0.25) is 0 Å². The van der Waals surface area contributed by atoms with Gasteiger partial charge < -0.3 is 14.2 Å². The molecule has 2 aromatic rings. The van der Waals surface area contributed by atoms with E-state index in [1.54, 1.807) is 27.9 Å². The SMILES string of the molecule is CCOC(=O)C1=C(C)N=C2C[C@@H](c3ccccc3OC)[C@H](C(=O)OCC)C(=O)C2[C@@H]1c1sccc1C. The van der Waals surface area contributed by atoms with Crippen LogP contribution in [-0.2, 0) is 23.9 Å². The molecule has 0 N–H and O–H groups in total. The Hall–Kier alpha value is -3.26. The highest BCUT2D eigenvalue weighted by Crippen LogP contribution is 2.50. The number of ketones is 1. The third-order valence-corrected chi connectivity index (χ3v) is 8.01. The first-order valence-corrected chi connectivity index (χ1v) is 13.0. The van der Waals surface area contributed by atoms with E-state index < -0.39 is 35.6 Å². The molecule has 1 aromatic heterocycles. The van der Waals surface area contributed by atoms with Crippen LogP contribution in [-0.4, -0.2) is 43.8 Å². The number of Topliss-reactive ketones (excluding diaryl/α,β-unsaturated/α-hetero) is 1. The normalized spacial score (nSPS) is 23.6. The first-order chi connectivity index (χ1) is 17.3. The fraction of sp³-hybridized carbons (Fsp3) is 0.429. The molecule has 2 heterocycles. The number of benzene rings is 1. The summed E-state index contributed by atoms with van der Waals surface area (Å²) in [6.07, 6.45) is 0.370. The van der Waals surface area contributed by atoms with Crippen LogP contribution in [0.4, 0.5) is 0 Å². The summed E-state index contributed by atoms with van der Waals surface area (Å²) < 4.78 is 16.4. The highest BCUT2D eigenvalue weighted by molar-refractivity contribution is 7.10. The van der Waals surface area contributed by atoms with Gasteiger partial charge in [-0.15, -0.1) is 11.3 Å². The fourth-order valence-corrected chi connectivity index (χ4v) is 6.48. The van der Waals surface area contributed by atoms with Crippen molar-refractivity contribution >= 4 is 34.8 Å². The molecule has 1 fully saturated rings. The molecule has 0 spiro atoms. The summed E-state index contributed by atoms with van der Waals surface area (Å²) in [5.41, 5.74) is 3.32. The number of carbonyl (C=O) groups is 3. The molecule has 0 amide bonds. The Labute approximate surface area is 215 Å². The highest BCUT2D eigenvalue weighted by Gasteiger charge is 2.53. The summed E-state index contributed by atoms with van der Waals surface area (Å²) in [4.78, 5) is 46.4. The number of aryl methyl sites for hydroxylation is 1. The number of hydrogen-bond acceptors (Lipinski definition) is 8. The second kappa shape index (κ2) is 10.8. The van der Waals surface area contributed by atoms with Crippen molar-refractivity contribution in [2.45, 2.75) is 46.0 Å². The molecule has 7 nitrogen and oxygen atoms in total. The number of hydrogen-bond donors (Lipinski definition) is 0. The maximum absolute atomic E-state index is 14.3.